The van der Waals surface area contributed by atoms with E-state index < -0.39 is 27.6 Å². The summed E-state index contributed by atoms with van der Waals surface area (Å²) in [4.78, 5) is 11.7. The molecule has 1 fully saturated rings. The second-order valence-corrected chi connectivity index (χ2v) is 10.8. The lowest BCUT2D eigenvalue weighted by Crippen LogP contribution is -2.33. The Morgan fingerprint density at radius 3 is 2.48 bits per heavy atom. The molecule has 1 atom stereocenters. The van der Waals surface area contributed by atoms with Crippen LogP contribution in [0.25, 0.3) is 0 Å². The number of aromatic hydroxyl groups is 1. The minimum absolute atomic E-state index is 0.0252. The predicted octanol–water partition coefficient (Wildman–Crippen LogP) is 3.69. The number of amides is 1. The smallest absolute Gasteiger partial charge is 0.407 e. The minimum atomic E-state index is -3.55. The quantitative estimate of drug-likeness (QED) is 0.612. The number of sulfone groups is 1. The molecular formula is C21H33NO6S. The van der Waals surface area contributed by atoms with Crippen LogP contribution in [0.15, 0.2) is 23.1 Å². The molecule has 1 aromatic carbocycles. The van der Waals surface area contributed by atoms with Gasteiger partial charge >= 0.3 is 6.09 Å². The van der Waals surface area contributed by atoms with Crippen molar-refractivity contribution in [2.24, 2.45) is 5.92 Å². The van der Waals surface area contributed by atoms with Gasteiger partial charge in [0, 0.05) is 6.54 Å². The Morgan fingerprint density at radius 2 is 1.86 bits per heavy atom. The molecule has 164 valence electrons. The van der Waals surface area contributed by atoms with E-state index >= 15 is 0 Å². The Hall–Kier alpha value is -1.80. The van der Waals surface area contributed by atoms with Gasteiger partial charge in [-0.3, -0.25) is 0 Å². The van der Waals surface area contributed by atoms with E-state index in [1.807, 2.05) is 0 Å². The Balaban J connectivity index is 2.00. The fourth-order valence-electron chi connectivity index (χ4n) is 3.53. The van der Waals surface area contributed by atoms with E-state index in [0.717, 1.165) is 32.1 Å². The summed E-state index contributed by atoms with van der Waals surface area (Å²) in [7, 11) is -3.55. The molecule has 0 radical (unpaired) electrons. The van der Waals surface area contributed by atoms with E-state index in [0.29, 0.717) is 5.56 Å². The molecule has 1 aliphatic rings. The van der Waals surface area contributed by atoms with Crippen molar-refractivity contribution < 1.29 is 28.2 Å². The van der Waals surface area contributed by atoms with Gasteiger partial charge < -0.3 is 20.3 Å². The molecule has 3 N–H and O–H groups in total. The number of benzene rings is 1. The van der Waals surface area contributed by atoms with Crippen LogP contribution in [0.3, 0.4) is 0 Å². The molecule has 0 heterocycles. The molecule has 1 saturated carbocycles. The number of carbonyl (C=O) groups is 1. The standard InChI is InChI=1S/C21H33NO6S/c1-21(2,3)28-20(25)22-10-9-19(24)16-11-17(23)13-18(12-16)29(26,27)14-15-7-5-4-6-8-15/h11-13,15,19,23-24H,4-10,14H2,1-3H3,(H,22,25). The second kappa shape index (κ2) is 9.80. The van der Waals surface area contributed by atoms with E-state index in [2.05, 4.69) is 5.32 Å². The first kappa shape index (κ1) is 23.5. The summed E-state index contributed by atoms with van der Waals surface area (Å²) >= 11 is 0. The highest BCUT2D eigenvalue weighted by Crippen LogP contribution is 2.30. The van der Waals surface area contributed by atoms with Crippen molar-refractivity contribution in [3.63, 3.8) is 0 Å². The van der Waals surface area contributed by atoms with Crippen LogP contribution in [0.5, 0.6) is 5.75 Å². The van der Waals surface area contributed by atoms with Gasteiger partial charge in [-0.2, -0.15) is 0 Å². The molecule has 0 bridgehead atoms. The van der Waals surface area contributed by atoms with Crippen molar-refractivity contribution in [1.82, 2.24) is 5.32 Å². The van der Waals surface area contributed by atoms with Crippen molar-refractivity contribution >= 4 is 15.9 Å². The molecule has 0 aromatic heterocycles. The van der Waals surface area contributed by atoms with Crippen LogP contribution in [0.4, 0.5) is 4.79 Å². The van der Waals surface area contributed by atoms with Gasteiger partial charge in [0.2, 0.25) is 0 Å². The molecule has 0 spiro atoms. The van der Waals surface area contributed by atoms with E-state index in [4.69, 9.17) is 4.74 Å². The van der Waals surface area contributed by atoms with Gasteiger partial charge in [0.1, 0.15) is 11.4 Å². The Morgan fingerprint density at radius 1 is 1.21 bits per heavy atom. The molecule has 0 aliphatic heterocycles. The van der Waals surface area contributed by atoms with Crippen LogP contribution >= 0.6 is 0 Å². The van der Waals surface area contributed by atoms with Gasteiger partial charge in [0.05, 0.1) is 16.8 Å². The van der Waals surface area contributed by atoms with E-state index in [1.165, 1.54) is 18.2 Å². The molecule has 1 aromatic rings. The SMILES string of the molecule is CC(C)(C)OC(=O)NCCC(O)c1cc(O)cc(S(=O)(=O)CC2CCCCC2)c1. The van der Waals surface area contributed by atoms with Crippen LogP contribution in [-0.4, -0.2) is 42.6 Å². The van der Waals surface area contributed by atoms with Crippen molar-refractivity contribution in [2.75, 3.05) is 12.3 Å². The molecule has 0 saturated heterocycles. The molecule has 29 heavy (non-hydrogen) atoms. The van der Waals surface area contributed by atoms with Crippen molar-refractivity contribution in [3.8, 4) is 5.75 Å². The van der Waals surface area contributed by atoms with Crippen LogP contribution in [-0.2, 0) is 14.6 Å². The fraction of sp³-hybridized carbons (Fsp3) is 0.667. The average molecular weight is 428 g/mol. The number of rotatable bonds is 7. The normalized spacial score (nSPS) is 17.0. The minimum Gasteiger partial charge on any atom is -0.508 e. The molecule has 8 heteroatoms. The Labute approximate surface area is 173 Å². The molecule has 1 unspecified atom stereocenters. The van der Waals surface area contributed by atoms with Gasteiger partial charge in [0.15, 0.2) is 9.84 Å². The number of carbonyl (C=O) groups excluding carboxylic acids is 1. The summed E-state index contributed by atoms with van der Waals surface area (Å²) in [5.74, 6) is -0.00185. The molecule has 1 amide bonds. The number of aliphatic hydroxyl groups excluding tert-OH is 1. The van der Waals surface area contributed by atoms with Crippen LogP contribution in [0.2, 0.25) is 0 Å². The topological polar surface area (TPSA) is 113 Å². The lowest BCUT2D eigenvalue weighted by molar-refractivity contribution is 0.0518. The lowest BCUT2D eigenvalue weighted by Gasteiger charge is -2.22. The highest BCUT2D eigenvalue weighted by atomic mass is 32.2. The molecule has 2 rings (SSSR count). The van der Waals surface area contributed by atoms with Gasteiger partial charge in [-0.1, -0.05) is 19.3 Å². The van der Waals surface area contributed by atoms with E-state index in [1.54, 1.807) is 20.8 Å². The number of hydrogen-bond donors (Lipinski definition) is 3. The first-order chi connectivity index (χ1) is 13.5. The van der Waals surface area contributed by atoms with Crippen molar-refractivity contribution in [2.45, 2.75) is 75.9 Å². The summed E-state index contributed by atoms with van der Waals surface area (Å²) in [6, 6.07) is 3.99. The van der Waals surface area contributed by atoms with Gasteiger partial charge in [-0.05, 0) is 69.7 Å². The second-order valence-electron chi connectivity index (χ2n) is 8.78. The van der Waals surface area contributed by atoms with Crippen LogP contribution in [0.1, 0.15) is 71.0 Å². The summed E-state index contributed by atoms with van der Waals surface area (Å²) in [6.07, 6.45) is 3.61. The summed E-state index contributed by atoms with van der Waals surface area (Å²) < 4.78 is 30.7. The Kier molecular flexibility index (Phi) is 7.94. The maximum atomic E-state index is 12.8. The van der Waals surface area contributed by atoms with Gasteiger partial charge in [-0.15, -0.1) is 0 Å². The first-order valence-corrected chi connectivity index (χ1v) is 11.8. The predicted molar refractivity (Wildman–Crippen MR) is 111 cm³/mol. The third kappa shape index (κ3) is 7.85. The fourth-order valence-corrected chi connectivity index (χ4v) is 5.29. The number of alkyl carbamates (subject to hydrolysis) is 1. The number of aliphatic hydroxyl groups is 1. The van der Waals surface area contributed by atoms with Crippen LogP contribution < -0.4 is 5.32 Å². The summed E-state index contributed by atoms with van der Waals surface area (Å²) in [5.41, 5.74) is -0.312. The average Bonchev–Trinajstić information content (AvgIpc) is 2.60. The highest BCUT2D eigenvalue weighted by molar-refractivity contribution is 7.91. The van der Waals surface area contributed by atoms with Crippen molar-refractivity contribution in [1.29, 1.82) is 0 Å². The zero-order valence-electron chi connectivity index (χ0n) is 17.5. The number of phenols is 1. The third-order valence-corrected chi connectivity index (χ3v) is 6.79. The molecule has 1 aliphatic carbocycles. The van der Waals surface area contributed by atoms with E-state index in [-0.39, 0.29) is 35.3 Å². The monoisotopic (exact) mass is 427 g/mol. The first-order valence-electron chi connectivity index (χ1n) is 10.2. The van der Waals surface area contributed by atoms with E-state index in [9.17, 15) is 23.4 Å². The Bertz CT molecular complexity index is 794. The number of ether oxygens (including phenoxy) is 1. The summed E-state index contributed by atoms with van der Waals surface area (Å²) in [6.45, 7) is 5.41. The summed E-state index contributed by atoms with van der Waals surface area (Å²) in [5, 5.41) is 22.9. The third-order valence-electron chi connectivity index (χ3n) is 4.92. The molecule has 7 nitrogen and oxygen atoms in total. The largest absolute Gasteiger partial charge is 0.508 e. The van der Waals surface area contributed by atoms with Crippen LogP contribution in [0, 0.1) is 5.92 Å². The zero-order chi connectivity index (χ0) is 21.7. The number of phenolic OH excluding ortho intramolecular Hbond substituents is 1. The van der Waals surface area contributed by atoms with Crippen molar-refractivity contribution in [3.05, 3.63) is 23.8 Å². The lowest BCUT2D eigenvalue weighted by atomic mass is 9.91. The maximum Gasteiger partial charge on any atom is 0.407 e. The number of nitrogens with one attached hydrogen (secondary N) is 1. The number of hydrogen-bond acceptors (Lipinski definition) is 6. The van der Waals surface area contributed by atoms with Gasteiger partial charge in [-0.25, -0.2) is 13.2 Å². The highest BCUT2D eigenvalue weighted by Gasteiger charge is 2.25. The maximum absolute atomic E-state index is 12.8. The zero-order valence-corrected chi connectivity index (χ0v) is 18.3. The molecular weight excluding hydrogens is 394 g/mol. The van der Waals surface area contributed by atoms with Gasteiger partial charge in [0.25, 0.3) is 0 Å².